The summed E-state index contributed by atoms with van der Waals surface area (Å²) in [5.74, 6) is 0. The van der Waals surface area contributed by atoms with E-state index in [4.69, 9.17) is 11.6 Å². The highest BCUT2D eigenvalue weighted by atomic mass is 35.5. The van der Waals surface area contributed by atoms with Crippen molar-refractivity contribution < 1.29 is 4.79 Å². The average molecular weight is 218 g/mol. The van der Waals surface area contributed by atoms with Gasteiger partial charge < -0.3 is 0 Å². The Hall–Kier alpha value is -1.67. The molecular formula is C12H8ClNO. The molecule has 0 amide bonds. The molecule has 15 heavy (non-hydrogen) atoms. The Labute approximate surface area is 92.5 Å². The molecule has 0 saturated carbocycles. The van der Waals surface area contributed by atoms with Crippen LogP contribution in [0, 0.1) is 0 Å². The van der Waals surface area contributed by atoms with Crippen LogP contribution in [-0.4, -0.2) is 10.2 Å². The van der Waals surface area contributed by atoms with Crippen LogP contribution in [-0.2, 0) is 0 Å². The van der Waals surface area contributed by atoms with Gasteiger partial charge in [-0.3, -0.25) is 9.78 Å². The molecule has 0 aliphatic rings. The molecule has 0 unspecified atom stereocenters. The minimum Gasteiger partial charge on any atom is -0.276 e. The quantitative estimate of drug-likeness (QED) is 0.724. The molecule has 0 aliphatic carbocycles. The molecule has 0 atom stereocenters. The summed E-state index contributed by atoms with van der Waals surface area (Å²) in [5.41, 5.74) is 1.95. The molecule has 2 nitrogen and oxygen atoms in total. The number of hydrogen-bond acceptors (Lipinski definition) is 2. The largest absolute Gasteiger partial charge is 0.276 e. The fourth-order valence-corrected chi connectivity index (χ4v) is 1.54. The first kappa shape index (κ1) is 9.87. The zero-order chi connectivity index (χ0) is 10.7. The molecule has 3 heteroatoms. The van der Waals surface area contributed by atoms with Gasteiger partial charge in [0, 0.05) is 11.8 Å². The first-order chi connectivity index (χ1) is 7.29. The molecule has 0 bridgehead atoms. The maximum absolute atomic E-state index is 11.2. The Balaban J connectivity index is 2.58. The maximum Gasteiger partial charge on any atom is 0.254 e. The number of rotatable bonds is 2. The van der Waals surface area contributed by atoms with Crippen molar-refractivity contribution >= 4 is 16.8 Å². The highest BCUT2D eigenvalue weighted by Crippen LogP contribution is 2.21. The van der Waals surface area contributed by atoms with Crippen LogP contribution >= 0.6 is 11.6 Å². The van der Waals surface area contributed by atoms with Crippen LogP contribution in [0.5, 0.6) is 0 Å². The van der Waals surface area contributed by atoms with E-state index in [1.807, 2.05) is 30.3 Å². The van der Waals surface area contributed by atoms with Crippen molar-refractivity contribution in [3.63, 3.8) is 0 Å². The molecule has 0 radical (unpaired) electrons. The third kappa shape index (κ3) is 2.05. The summed E-state index contributed by atoms with van der Waals surface area (Å²) in [5, 5.41) is -0.484. The molecule has 0 aliphatic heterocycles. The summed E-state index contributed by atoms with van der Waals surface area (Å²) >= 11 is 5.48. The van der Waals surface area contributed by atoms with Gasteiger partial charge in [-0.05, 0) is 23.7 Å². The van der Waals surface area contributed by atoms with Crippen LogP contribution in [0.4, 0.5) is 0 Å². The smallest absolute Gasteiger partial charge is 0.254 e. The summed E-state index contributed by atoms with van der Waals surface area (Å²) in [4.78, 5) is 15.3. The lowest BCUT2D eigenvalue weighted by atomic mass is 10.1. The van der Waals surface area contributed by atoms with E-state index in [9.17, 15) is 4.79 Å². The van der Waals surface area contributed by atoms with Crippen LogP contribution in [0.2, 0.25) is 0 Å². The molecule has 2 rings (SSSR count). The highest BCUT2D eigenvalue weighted by Gasteiger charge is 2.10. The van der Waals surface area contributed by atoms with Gasteiger partial charge in [0.2, 0.25) is 0 Å². The van der Waals surface area contributed by atoms with Crippen LogP contribution < -0.4 is 0 Å². The van der Waals surface area contributed by atoms with Crippen molar-refractivity contribution in [2.24, 2.45) is 0 Å². The fraction of sp³-hybridized carbons (Fsp3) is 0. The molecule has 1 aromatic heterocycles. The Morgan fingerprint density at radius 3 is 2.47 bits per heavy atom. The van der Waals surface area contributed by atoms with E-state index < -0.39 is 5.24 Å². The summed E-state index contributed by atoms with van der Waals surface area (Å²) in [6, 6.07) is 12.9. The van der Waals surface area contributed by atoms with Crippen molar-refractivity contribution in [1.82, 2.24) is 4.98 Å². The topological polar surface area (TPSA) is 30.0 Å². The van der Waals surface area contributed by atoms with E-state index >= 15 is 0 Å². The van der Waals surface area contributed by atoms with E-state index in [1.165, 1.54) is 0 Å². The summed E-state index contributed by atoms with van der Waals surface area (Å²) in [6.07, 6.45) is 1.64. The predicted octanol–water partition coefficient (Wildman–Crippen LogP) is 3.13. The lowest BCUT2D eigenvalue weighted by Crippen LogP contribution is -1.95. The lowest BCUT2D eigenvalue weighted by molar-refractivity contribution is 0.108. The number of pyridine rings is 1. The van der Waals surface area contributed by atoms with Crippen molar-refractivity contribution in [2.75, 3.05) is 0 Å². The second-order valence-electron chi connectivity index (χ2n) is 3.04. The average Bonchev–Trinajstić information content (AvgIpc) is 2.30. The molecule has 0 fully saturated rings. The van der Waals surface area contributed by atoms with Gasteiger partial charge in [0.1, 0.15) is 0 Å². The normalized spacial score (nSPS) is 9.93. The van der Waals surface area contributed by atoms with E-state index in [-0.39, 0.29) is 0 Å². The minimum absolute atomic E-state index is 0.436. The third-order valence-corrected chi connectivity index (χ3v) is 2.27. The monoisotopic (exact) mass is 217 g/mol. The van der Waals surface area contributed by atoms with Gasteiger partial charge in [-0.2, -0.15) is 0 Å². The second-order valence-corrected chi connectivity index (χ2v) is 3.38. The number of aromatic nitrogens is 1. The maximum atomic E-state index is 11.2. The van der Waals surface area contributed by atoms with Crippen LogP contribution in [0.1, 0.15) is 10.4 Å². The first-order valence-corrected chi connectivity index (χ1v) is 4.87. The van der Waals surface area contributed by atoms with Gasteiger partial charge >= 0.3 is 0 Å². The SMILES string of the molecule is O=C(Cl)c1cccnc1-c1ccccc1. The Morgan fingerprint density at radius 1 is 1.07 bits per heavy atom. The minimum atomic E-state index is -0.484. The zero-order valence-corrected chi connectivity index (χ0v) is 8.61. The predicted molar refractivity (Wildman–Crippen MR) is 59.9 cm³/mol. The second kappa shape index (κ2) is 4.24. The Bertz CT molecular complexity index is 482. The molecule has 1 aromatic carbocycles. The van der Waals surface area contributed by atoms with Gasteiger partial charge in [0.05, 0.1) is 11.3 Å². The van der Waals surface area contributed by atoms with E-state index in [0.717, 1.165) is 5.56 Å². The molecule has 0 spiro atoms. The molecule has 0 saturated heterocycles. The first-order valence-electron chi connectivity index (χ1n) is 4.49. The van der Waals surface area contributed by atoms with E-state index in [0.29, 0.717) is 11.3 Å². The van der Waals surface area contributed by atoms with E-state index in [2.05, 4.69) is 4.98 Å². The molecular weight excluding hydrogens is 210 g/mol. The van der Waals surface area contributed by atoms with Gasteiger partial charge in [0.15, 0.2) is 0 Å². The summed E-state index contributed by atoms with van der Waals surface area (Å²) in [7, 11) is 0. The molecule has 74 valence electrons. The van der Waals surface area contributed by atoms with Crippen molar-refractivity contribution in [3.05, 3.63) is 54.2 Å². The van der Waals surface area contributed by atoms with E-state index in [1.54, 1.807) is 18.3 Å². The van der Waals surface area contributed by atoms with Gasteiger partial charge in [-0.1, -0.05) is 30.3 Å². The molecule has 0 N–H and O–H groups in total. The van der Waals surface area contributed by atoms with Gasteiger partial charge in [0.25, 0.3) is 5.24 Å². The van der Waals surface area contributed by atoms with Crippen molar-refractivity contribution in [2.45, 2.75) is 0 Å². The Morgan fingerprint density at radius 2 is 1.80 bits per heavy atom. The third-order valence-electron chi connectivity index (χ3n) is 2.07. The number of halogens is 1. The Kier molecular flexibility index (Phi) is 2.79. The standard InChI is InChI=1S/C12H8ClNO/c13-12(15)10-7-4-8-14-11(10)9-5-2-1-3-6-9/h1-8H. The van der Waals surface area contributed by atoms with Crippen LogP contribution in [0.25, 0.3) is 11.3 Å². The molecule has 1 heterocycles. The van der Waals surface area contributed by atoms with Gasteiger partial charge in [-0.15, -0.1) is 0 Å². The van der Waals surface area contributed by atoms with Crippen molar-refractivity contribution in [3.8, 4) is 11.3 Å². The lowest BCUT2D eigenvalue weighted by Gasteiger charge is -2.03. The number of hydrogen-bond donors (Lipinski definition) is 0. The summed E-state index contributed by atoms with van der Waals surface area (Å²) < 4.78 is 0. The van der Waals surface area contributed by atoms with Gasteiger partial charge in [-0.25, -0.2) is 0 Å². The highest BCUT2D eigenvalue weighted by molar-refractivity contribution is 6.68. The number of nitrogens with zero attached hydrogens (tertiary/aromatic N) is 1. The van der Waals surface area contributed by atoms with Crippen LogP contribution in [0.3, 0.4) is 0 Å². The number of carbonyl (C=O) groups is 1. The van der Waals surface area contributed by atoms with Crippen molar-refractivity contribution in [1.29, 1.82) is 0 Å². The van der Waals surface area contributed by atoms with Crippen LogP contribution in [0.15, 0.2) is 48.7 Å². The number of benzene rings is 1. The molecule has 2 aromatic rings. The zero-order valence-electron chi connectivity index (χ0n) is 7.85. The number of carbonyl (C=O) groups excluding carboxylic acids is 1. The summed E-state index contributed by atoms with van der Waals surface area (Å²) in [6.45, 7) is 0. The fourth-order valence-electron chi connectivity index (χ4n) is 1.39.